The molecule has 0 saturated carbocycles. The third kappa shape index (κ3) is 11.2. The second-order valence-electron chi connectivity index (χ2n) is 7.03. The highest BCUT2D eigenvalue weighted by Gasteiger charge is 2.23. The van der Waals surface area contributed by atoms with E-state index in [0.717, 1.165) is 6.42 Å². The van der Waals surface area contributed by atoms with E-state index in [1.165, 1.54) is 0 Å². The van der Waals surface area contributed by atoms with Gasteiger partial charge in [0.2, 0.25) is 10.0 Å². The minimum atomic E-state index is -3.17. The van der Waals surface area contributed by atoms with Crippen LogP contribution in [-0.4, -0.2) is 25.5 Å². The van der Waals surface area contributed by atoms with Gasteiger partial charge in [0.15, 0.2) is 0 Å². The molecule has 0 aromatic heterocycles. The zero-order chi connectivity index (χ0) is 13.9. The summed E-state index contributed by atoms with van der Waals surface area (Å²) in [5.41, 5.74) is -0.0126. The Morgan fingerprint density at radius 2 is 1.53 bits per heavy atom. The van der Waals surface area contributed by atoms with E-state index < -0.39 is 10.0 Å². The molecule has 0 heterocycles. The maximum Gasteiger partial charge on any atom is 0.212 e. The van der Waals surface area contributed by atoms with Crippen LogP contribution in [0.15, 0.2) is 0 Å². The predicted octanol–water partition coefficient (Wildman–Crippen LogP) is 3.15. The van der Waals surface area contributed by atoms with E-state index in [1.807, 2.05) is 20.8 Å². The molecule has 104 valence electrons. The Kier molecular flexibility index (Phi) is 6.16. The van der Waals surface area contributed by atoms with Crippen LogP contribution in [0, 0.1) is 10.8 Å². The van der Waals surface area contributed by atoms with Gasteiger partial charge in [-0.2, -0.15) is 0 Å². The molecule has 5 heteroatoms. The molecule has 0 fully saturated rings. The van der Waals surface area contributed by atoms with Gasteiger partial charge >= 0.3 is 0 Å². The van der Waals surface area contributed by atoms with Gasteiger partial charge in [-0.05, 0) is 17.3 Å². The van der Waals surface area contributed by atoms with E-state index in [9.17, 15) is 8.42 Å². The van der Waals surface area contributed by atoms with Crippen LogP contribution in [0.2, 0.25) is 0 Å². The van der Waals surface area contributed by atoms with Crippen molar-refractivity contribution < 1.29 is 8.42 Å². The lowest BCUT2D eigenvalue weighted by molar-refractivity contribution is 0.373. The third-order valence-corrected chi connectivity index (χ3v) is 4.48. The summed E-state index contributed by atoms with van der Waals surface area (Å²) in [7, 11) is -3.17. The summed E-state index contributed by atoms with van der Waals surface area (Å²) in [4.78, 5) is 0.178. The Balaban J connectivity index is 4.20. The van der Waals surface area contributed by atoms with Gasteiger partial charge < -0.3 is 0 Å². The van der Waals surface area contributed by atoms with Gasteiger partial charge in [0.25, 0.3) is 0 Å². The summed E-state index contributed by atoms with van der Waals surface area (Å²) in [5.74, 6) is 0.162. The topological polar surface area (TPSA) is 46.2 Å². The number of alkyl halides is 1. The van der Waals surface area contributed by atoms with Gasteiger partial charge in [-0.25, -0.2) is 13.1 Å². The number of nitrogens with one attached hydrogen (secondary N) is 1. The molecule has 0 saturated heterocycles. The monoisotopic (exact) mass is 327 g/mol. The van der Waals surface area contributed by atoms with Crippen molar-refractivity contribution in [1.29, 1.82) is 0 Å². The fraction of sp³-hybridized carbons (Fsp3) is 1.00. The van der Waals surface area contributed by atoms with Crippen LogP contribution in [0.25, 0.3) is 0 Å². The average Bonchev–Trinajstić information content (AvgIpc) is 1.92. The molecule has 0 aliphatic rings. The first kappa shape index (κ1) is 17.4. The predicted molar refractivity (Wildman–Crippen MR) is 78.0 cm³/mol. The van der Waals surface area contributed by atoms with Crippen molar-refractivity contribution >= 4 is 26.0 Å². The summed E-state index contributed by atoms with van der Waals surface area (Å²) in [6.45, 7) is 12.7. The maximum absolute atomic E-state index is 11.8. The number of hydrogen-bond acceptors (Lipinski definition) is 2. The Bertz CT molecular complexity index is 325. The van der Waals surface area contributed by atoms with Crippen LogP contribution in [-0.2, 0) is 10.0 Å². The van der Waals surface area contributed by atoms with Crippen LogP contribution < -0.4 is 4.72 Å². The SMILES string of the molecule is CC(C)(C)CC(Br)CNS(=O)(=O)CC(C)(C)C. The fourth-order valence-corrected chi connectivity index (χ4v) is 4.62. The van der Waals surface area contributed by atoms with Gasteiger partial charge in [0.05, 0.1) is 5.75 Å². The second kappa shape index (κ2) is 6.02. The van der Waals surface area contributed by atoms with Crippen molar-refractivity contribution in [2.24, 2.45) is 10.8 Å². The Morgan fingerprint density at radius 1 is 1.06 bits per heavy atom. The summed E-state index contributed by atoms with van der Waals surface area (Å²) in [5, 5.41) is 0. The van der Waals surface area contributed by atoms with Crippen molar-refractivity contribution in [3.05, 3.63) is 0 Å². The molecule has 1 unspecified atom stereocenters. The van der Waals surface area contributed by atoms with E-state index in [4.69, 9.17) is 0 Å². The summed E-state index contributed by atoms with van der Waals surface area (Å²) < 4.78 is 26.2. The molecular formula is C12H26BrNO2S. The lowest BCUT2D eigenvalue weighted by Gasteiger charge is -2.23. The first-order valence-electron chi connectivity index (χ1n) is 5.92. The standard InChI is InChI=1S/C12H26BrNO2S/c1-11(2,3)7-10(13)8-14-17(15,16)9-12(4,5)6/h10,14H,7-9H2,1-6H3. The van der Waals surface area contributed by atoms with Gasteiger partial charge in [0, 0.05) is 11.4 Å². The van der Waals surface area contributed by atoms with E-state index in [0.29, 0.717) is 6.54 Å². The van der Waals surface area contributed by atoms with Crippen LogP contribution in [0.5, 0.6) is 0 Å². The Morgan fingerprint density at radius 3 is 1.88 bits per heavy atom. The highest BCUT2D eigenvalue weighted by atomic mass is 79.9. The van der Waals surface area contributed by atoms with E-state index in [2.05, 4.69) is 41.4 Å². The molecule has 0 aliphatic carbocycles. The first-order chi connectivity index (χ1) is 7.31. The molecule has 3 nitrogen and oxygen atoms in total. The Labute approximate surface area is 115 Å². The van der Waals surface area contributed by atoms with Crippen LogP contribution in [0.1, 0.15) is 48.0 Å². The Hall–Kier alpha value is 0.390. The van der Waals surface area contributed by atoms with E-state index >= 15 is 0 Å². The van der Waals surface area contributed by atoms with Crippen molar-refractivity contribution in [1.82, 2.24) is 4.72 Å². The van der Waals surface area contributed by atoms with Gasteiger partial charge in [0.1, 0.15) is 0 Å². The van der Waals surface area contributed by atoms with E-state index in [-0.39, 0.29) is 21.4 Å². The first-order valence-corrected chi connectivity index (χ1v) is 8.49. The second-order valence-corrected chi connectivity index (χ2v) is 10.1. The molecule has 17 heavy (non-hydrogen) atoms. The van der Waals surface area contributed by atoms with Crippen molar-refractivity contribution in [2.75, 3.05) is 12.3 Å². The molecule has 1 atom stereocenters. The number of halogens is 1. The molecular weight excluding hydrogens is 302 g/mol. The summed E-state index contributed by atoms with van der Waals surface area (Å²) in [6.07, 6.45) is 0.936. The highest BCUT2D eigenvalue weighted by Crippen LogP contribution is 2.24. The molecule has 0 bridgehead atoms. The fourth-order valence-electron chi connectivity index (χ4n) is 1.58. The smallest absolute Gasteiger partial charge is 0.212 e. The zero-order valence-electron chi connectivity index (χ0n) is 11.8. The normalized spacial score (nSPS) is 15.9. The molecule has 0 aromatic rings. The molecule has 0 aliphatic heterocycles. The molecule has 0 radical (unpaired) electrons. The quantitative estimate of drug-likeness (QED) is 0.788. The van der Waals surface area contributed by atoms with Crippen molar-refractivity contribution in [3.8, 4) is 0 Å². The maximum atomic E-state index is 11.8. The van der Waals surface area contributed by atoms with Gasteiger partial charge in [-0.15, -0.1) is 0 Å². The average molecular weight is 328 g/mol. The summed E-state index contributed by atoms with van der Waals surface area (Å²) in [6, 6.07) is 0. The van der Waals surface area contributed by atoms with Gasteiger partial charge in [-0.3, -0.25) is 0 Å². The largest absolute Gasteiger partial charge is 0.214 e. The summed E-state index contributed by atoms with van der Waals surface area (Å²) >= 11 is 3.52. The number of rotatable bonds is 5. The molecule has 0 aromatic carbocycles. The lowest BCUT2D eigenvalue weighted by Crippen LogP contribution is -2.36. The van der Waals surface area contributed by atoms with Crippen molar-refractivity contribution in [2.45, 2.75) is 52.8 Å². The van der Waals surface area contributed by atoms with Crippen molar-refractivity contribution in [3.63, 3.8) is 0 Å². The molecule has 1 N–H and O–H groups in total. The number of hydrogen-bond donors (Lipinski definition) is 1. The molecule has 0 spiro atoms. The number of sulfonamides is 1. The minimum absolute atomic E-state index is 0.162. The third-order valence-electron chi connectivity index (χ3n) is 1.98. The van der Waals surface area contributed by atoms with Crippen LogP contribution in [0.3, 0.4) is 0 Å². The van der Waals surface area contributed by atoms with Gasteiger partial charge in [-0.1, -0.05) is 57.5 Å². The molecule has 0 amide bonds. The highest BCUT2D eigenvalue weighted by molar-refractivity contribution is 9.09. The molecule has 0 rings (SSSR count). The lowest BCUT2D eigenvalue weighted by atomic mass is 9.91. The van der Waals surface area contributed by atoms with Crippen LogP contribution >= 0.6 is 15.9 Å². The van der Waals surface area contributed by atoms with Crippen LogP contribution in [0.4, 0.5) is 0 Å². The van der Waals surface area contributed by atoms with E-state index in [1.54, 1.807) is 0 Å². The zero-order valence-corrected chi connectivity index (χ0v) is 14.2. The minimum Gasteiger partial charge on any atom is -0.214 e.